The van der Waals surface area contributed by atoms with E-state index in [2.05, 4.69) is 5.10 Å². The molecule has 0 saturated heterocycles. The first-order valence-electron chi connectivity index (χ1n) is 4.62. The largest absolute Gasteiger partial charge is 0.393 e. The Morgan fingerprint density at radius 2 is 2.21 bits per heavy atom. The maximum Gasteiger partial charge on any atom is 0.0854 e. The second-order valence-corrected chi connectivity index (χ2v) is 3.92. The molecule has 0 radical (unpaired) electrons. The zero-order valence-electron chi connectivity index (χ0n) is 8.38. The van der Waals surface area contributed by atoms with E-state index in [0.717, 1.165) is 24.4 Å². The van der Waals surface area contributed by atoms with Gasteiger partial charge in [0.1, 0.15) is 0 Å². The third-order valence-corrected chi connectivity index (χ3v) is 2.62. The van der Waals surface area contributed by atoms with Crippen LogP contribution in [0.2, 0.25) is 5.02 Å². The number of aryl methyl sites for hydroxylation is 2. The van der Waals surface area contributed by atoms with Gasteiger partial charge in [-0.3, -0.25) is 4.68 Å². The molecule has 0 amide bonds. The van der Waals surface area contributed by atoms with Crippen molar-refractivity contribution in [2.24, 2.45) is 5.73 Å². The molecule has 1 heterocycles. The molecule has 0 saturated carbocycles. The molecule has 0 atom stereocenters. The lowest BCUT2D eigenvalue weighted by Crippen LogP contribution is -2.15. The molecule has 0 aliphatic rings. The van der Waals surface area contributed by atoms with E-state index in [1.165, 1.54) is 0 Å². The summed E-state index contributed by atoms with van der Waals surface area (Å²) in [6, 6.07) is 0. The van der Waals surface area contributed by atoms with Crippen LogP contribution in [0.25, 0.3) is 0 Å². The van der Waals surface area contributed by atoms with Crippen LogP contribution in [-0.2, 0) is 19.4 Å². The second kappa shape index (κ2) is 4.75. The lowest BCUT2D eigenvalue weighted by atomic mass is 10.2. The van der Waals surface area contributed by atoms with E-state index in [0.29, 0.717) is 16.4 Å². The van der Waals surface area contributed by atoms with Gasteiger partial charge in [-0.2, -0.15) is 5.10 Å². The number of hydrogen-bond donors (Lipinski definition) is 1. The van der Waals surface area contributed by atoms with Crippen molar-refractivity contribution >= 4 is 28.8 Å². The Kier molecular flexibility index (Phi) is 3.89. The Hall–Kier alpha value is -0.610. The predicted molar refractivity (Wildman–Crippen MR) is 62.8 cm³/mol. The summed E-state index contributed by atoms with van der Waals surface area (Å²) in [5, 5.41) is 5.08. The molecule has 1 aromatic rings. The summed E-state index contributed by atoms with van der Waals surface area (Å²) in [6.45, 7) is 4.84. The first kappa shape index (κ1) is 11.5. The maximum atomic E-state index is 6.15. The van der Waals surface area contributed by atoms with Crippen molar-refractivity contribution in [2.75, 3.05) is 0 Å². The Morgan fingerprint density at radius 1 is 1.57 bits per heavy atom. The van der Waals surface area contributed by atoms with Crippen LogP contribution in [-0.4, -0.2) is 14.8 Å². The molecule has 14 heavy (non-hydrogen) atoms. The number of thiocarbonyl (C=S) groups is 1. The average Bonchev–Trinajstić information content (AvgIpc) is 2.43. The number of nitrogens with zero attached hydrogens (tertiary/aromatic N) is 2. The van der Waals surface area contributed by atoms with Crippen molar-refractivity contribution in [1.29, 1.82) is 0 Å². The van der Waals surface area contributed by atoms with E-state index in [1.807, 2.05) is 18.5 Å². The molecule has 0 unspecified atom stereocenters. The normalized spacial score (nSPS) is 10.5. The first-order valence-corrected chi connectivity index (χ1v) is 5.41. The van der Waals surface area contributed by atoms with Crippen LogP contribution in [0.1, 0.15) is 25.2 Å². The molecular formula is C9H14ClN3S. The third-order valence-electron chi connectivity index (χ3n) is 2.04. The van der Waals surface area contributed by atoms with Crippen molar-refractivity contribution in [3.8, 4) is 0 Å². The summed E-state index contributed by atoms with van der Waals surface area (Å²) in [5.41, 5.74) is 7.34. The van der Waals surface area contributed by atoms with E-state index in [-0.39, 0.29) is 0 Å². The van der Waals surface area contributed by atoms with Crippen LogP contribution in [0.5, 0.6) is 0 Å². The van der Waals surface area contributed by atoms with Crippen molar-refractivity contribution < 1.29 is 0 Å². The second-order valence-electron chi connectivity index (χ2n) is 3.02. The monoisotopic (exact) mass is 231 g/mol. The van der Waals surface area contributed by atoms with Crippen LogP contribution in [0.3, 0.4) is 0 Å². The zero-order chi connectivity index (χ0) is 10.7. The molecule has 0 bridgehead atoms. The molecule has 5 heteroatoms. The standard InChI is InChI=1S/C9H14ClN3S/c1-3-6-9(10)7(5-8(11)14)13(4-2)12-6/h3-5H2,1-2H3,(H2,11,14). The molecular weight excluding hydrogens is 218 g/mol. The topological polar surface area (TPSA) is 43.8 Å². The van der Waals surface area contributed by atoms with Gasteiger partial charge >= 0.3 is 0 Å². The fourth-order valence-electron chi connectivity index (χ4n) is 1.35. The van der Waals surface area contributed by atoms with Gasteiger partial charge in [0.25, 0.3) is 0 Å². The fraction of sp³-hybridized carbons (Fsp3) is 0.556. The molecule has 78 valence electrons. The minimum absolute atomic E-state index is 0.448. The van der Waals surface area contributed by atoms with Gasteiger partial charge < -0.3 is 5.73 Å². The highest BCUT2D eigenvalue weighted by atomic mass is 35.5. The summed E-state index contributed by atoms with van der Waals surface area (Å²) >= 11 is 11.0. The third kappa shape index (κ3) is 2.25. The highest BCUT2D eigenvalue weighted by Crippen LogP contribution is 2.21. The van der Waals surface area contributed by atoms with E-state index in [4.69, 9.17) is 29.6 Å². The van der Waals surface area contributed by atoms with E-state index < -0.39 is 0 Å². The number of hydrogen-bond acceptors (Lipinski definition) is 2. The summed E-state index contributed by atoms with van der Waals surface area (Å²) in [6.07, 6.45) is 1.35. The maximum absolute atomic E-state index is 6.15. The van der Waals surface area contributed by atoms with Crippen molar-refractivity contribution in [1.82, 2.24) is 9.78 Å². The Bertz CT molecular complexity index is 346. The van der Waals surface area contributed by atoms with E-state index in [1.54, 1.807) is 0 Å². The SMILES string of the molecule is CCc1nn(CC)c(CC(N)=S)c1Cl. The minimum atomic E-state index is 0.448. The molecule has 1 aromatic heterocycles. The smallest absolute Gasteiger partial charge is 0.0854 e. The van der Waals surface area contributed by atoms with E-state index in [9.17, 15) is 0 Å². The quantitative estimate of drug-likeness (QED) is 0.806. The van der Waals surface area contributed by atoms with Gasteiger partial charge in [0.15, 0.2) is 0 Å². The highest BCUT2D eigenvalue weighted by Gasteiger charge is 2.14. The Balaban J connectivity index is 3.10. The minimum Gasteiger partial charge on any atom is -0.393 e. The average molecular weight is 232 g/mol. The van der Waals surface area contributed by atoms with Gasteiger partial charge in [-0.05, 0) is 13.3 Å². The number of halogens is 1. The molecule has 0 fully saturated rings. The summed E-state index contributed by atoms with van der Waals surface area (Å²) in [7, 11) is 0. The number of nitrogens with two attached hydrogens (primary N) is 1. The van der Waals surface area contributed by atoms with Gasteiger partial charge in [-0.15, -0.1) is 0 Å². The zero-order valence-corrected chi connectivity index (χ0v) is 9.95. The van der Waals surface area contributed by atoms with Crippen molar-refractivity contribution in [2.45, 2.75) is 33.2 Å². The Morgan fingerprint density at radius 3 is 2.64 bits per heavy atom. The van der Waals surface area contributed by atoms with Gasteiger partial charge in [0.05, 0.1) is 21.4 Å². The fourth-order valence-corrected chi connectivity index (χ4v) is 1.82. The summed E-state index contributed by atoms with van der Waals surface area (Å²) in [4.78, 5) is 0.448. The summed E-state index contributed by atoms with van der Waals surface area (Å²) < 4.78 is 1.86. The van der Waals surface area contributed by atoms with Gasteiger partial charge in [-0.1, -0.05) is 30.7 Å². The van der Waals surface area contributed by atoms with Crippen molar-refractivity contribution in [3.63, 3.8) is 0 Å². The molecule has 0 aliphatic heterocycles. The van der Waals surface area contributed by atoms with Crippen LogP contribution in [0.4, 0.5) is 0 Å². The van der Waals surface area contributed by atoms with Crippen LogP contribution in [0.15, 0.2) is 0 Å². The predicted octanol–water partition coefficient (Wildman–Crippen LogP) is 1.95. The van der Waals surface area contributed by atoms with Crippen LogP contribution in [0, 0.1) is 0 Å². The molecule has 0 spiro atoms. The van der Waals surface area contributed by atoms with Crippen LogP contribution < -0.4 is 5.73 Å². The lowest BCUT2D eigenvalue weighted by molar-refractivity contribution is 0.625. The lowest BCUT2D eigenvalue weighted by Gasteiger charge is -2.03. The van der Waals surface area contributed by atoms with Crippen molar-refractivity contribution in [3.05, 3.63) is 16.4 Å². The molecule has 1 rings (SSSR count). The Labute approximate surface area is 94.2 Å². The molecule has 2 N–H and O–H groups in total. The highest BCUT2D eigenvalue weighted by molar-refractivity contribution is 7.80. The summed E-state index contributed by atoms with van der Waals surface area (Å²) in [5.74, 6) is 0. The number of aromatic nitrogens is 2. The molecule has 0 aliphatic carbocycles. The van der Waals surface area contributed by atoms with Gasteiger partial charge in [-0.25, -0.2) is 0 Å². The van der Waals surface area contributed by atoms with Crippen LogP contribution >= 0.6 is 23.8 Å². The molecule has 0 aromatic carbocycles. The first-order chi connectivity index (χ1) is 6.60. The number of rotatable bonds is 4. The van der Waals surface area contributed by atoms with Gasteiger partial charge in [0, 0.05) is 13.0 Å². The van der Waals surface area contributed by atoms with E-state index >= 15 is 0 Å². The van der Waals surface area contributed by atoms with Gasteiger partial charge in [0.2, 0.25) is 0 Å². The molecule has 3 nitrogen and oxygen atoms in total.